The number of anilines is 1. The van der Waals surface area contributed by atoms with E-state index in [1.165, 1.54) is 0 Å². The molecule has 8 heteroatoms. The number of aromatic amines is 1. The molecule has 0 fully saturated rings. The topological polar surface area (TPSA) is 104 Å². The van der Waals surface area contributed by atoms with Crippen LogP contribution in [0.25, 0.3) is 39.1 Å². The summed E-state index contributed by atoms with van der Waals surface area (Å²) in [6.45, 7) is 8.27. The molecule has 5 aromatic heterocycles. The number of imidazole rings is 1. The van der Waals surface area contributed by atoms with E-state index in [0.29, 0.717) is 11.5 Å². The molecule has 0 radical (unpaired) electrons. The molecule has 180 valence electrons. The summed E-state index contributed by atoms with van der Waals surface area (Å²) in [4.78, 5) is 26.0. The average molecular weight is 477 g/mol. The predicted molar refractivity (Wildman–Crippen MR) is 144 cm³/mol. The van der Waals surface area contributed by atoms with Crippen molar-refractivity contribution in [3.8, 4) is 22.4 Å². The smallest absolute Gasteiger partial charge is 0.178 e. The number of nitrogens with zero attached hydrogens (tertiary/aromatic N) is 5. The fraction of sp³-hybridized carbons (Fsp3) is 0.179. The highest BCUT2D eigenvalue weighted by atomic mass is 15.0. The number of hydrogen-bond donors (Lipinski definition) is 3. The van der Waals surface area contributed by atoms with Crippen molar-refractivity contribution < 1.29 is 0 Å². The first-order valence-electron chi connectivity index (χ1n) is 12.0. The van der Waals surface area contributed by atoms with Gasteiger partial charge in [0.05, 0.1) is 23.1 Å². The van der Waals surface area contributed by atoms with Gasteiger partial charge in [-0.3, -0.25) is 15.0 Å². The van der Waals surface area contributed by atoms with E-state index in [2.05, 4.69) is 55.1 Å². The Kier molecular flexibility index (Phi) is 6.77. The minimum atomic E-state index is 0.629. The van der Waals surface area contributed by atoms with Crippen LogP contribution < -0.4 is 10.6 Å². The normalized spacial score (nSPS) is 11.1. The van der Waals surface area contributed by atoms with Gasteiger partial charge in [-0.2, -0.15) is 0 Å². The first-order chi connectivity index (χ1) is 17.7. The zero-order chi connectivity index (χ0) is 24.9. The largest absolute Gasteiger partial charge is 0.386 e. The highest BCUT2D eigenvalue weighted by molar-refractivity contribution is 5.93. The molecular weight excluding hydrogens is 448 g/mol. The average Bonchev–Trinajstić information content (AvgIpc) is 3.38. The molecule has 0 amide bonds. The molecule has 0 spiro atoms. The first kappa shape index (κ1) is 23.3. The van der Waals surface area contributed by atoms with Gasteiger partial charge in [-0.1, -0.05) is 19.6 Å². The summed E-state index contributed by atoms with van der Waals surface area (Å²) in [5, 5.41) is 6.65. The van der Waals surface area contributed by atoms with Gasteiger partial charge in [-0.05, 0) is 42.8 Å². The van der Waals surface area contributed by atoms with Gasteiger partial charge in [0.15, 0.2) is 5.65 Å². The second-order valence-electron chi connectivity index (χ2n) is 8.49. The number of fused-ring (bicyclic) bond motifs is 1. The molecule has 0 aromatic carbocycles. The summed E-state index contributed by atoms with van der Waals surface area (Å²) in [6, 6.07) is 10.0. The van der Waals surface area contributed by atoms with Gasteiger partial charge in [0.2, 0.25) is 0 Å². The van der Waals surface area contributed by atoms with E-state index in [0.717, 1.165) is 69.8 Å². The van der Waals surface area contributed by atoms with E-state index in [1.54, 1.807) is 12.4 Å². The van der Waals surface area contributed by atoms with Crippen LogP contribution in [0.3, 0.4) is 0 Å². The minimum absolute atomic E-state index is 0.629. The molecule has 5 aromatic rings. The predicted octanol–water partition coefficient (Wildman–Crippen LogP) is 5.08. The van der Waals surface area contributed by atoms with Crippen molar-refractivity contribution >= 4 is 22.4 Å². The van der Waals surface area contributed by atoms with Crippen molar-refractivity contribution in [3.63, 3.8) is 0 Å². The first-order valence-corrected chi connectivity index (χ1v) is 12.0. The molecule has 0 bridgehead atoms. The molecule has 0 atom stereocenters. The van der Waals surface area contributed by atoms with Crippen LogP contribution in [0.2, 0.25) is 0 Å². The van der Waals surface area contributed by atoms with Crippen LogP contribution in [0.5, 0.6) is 0 Å². The van der Waals surface area contributed by atoms with Crippen LogP contribution in [-0.2, 0) is 6.54 Å². The van der Waals surface area contributed by atoms with Gasteiger partial charge in [0, 0.05) is 72.4 Å². The molecule has 0 aliphatic rings. The summed E-state index contributed by atoms with van der Waals surface area (Å²) in [5.74, 6) is 0.651. The van der Waals surface area contributed by atoms with Crippen molar-refractivity contribution in [3.05, 3.63) is 91.0 Å². The summed E-state index contributed by atoms with van der Waals surface area (Å²) >= 11 is 0. The lowest BCUT2D eigenvalue weighted by Gasteiger charge is -2.12. The van der Waals surface area contributed by atoms with E-state index in [9.17, 15) is 0 Å². The third kappa shape index (κ3) is 4.71. The van der Waals surface area contributed by atoms with Gasteiger partial charge in [-0.15, -0.1) is 0 Å². The lowest BCUT2D eigenvalue weighted by molar-refractivity contribution is 0.674. The Hall–Kier alpha value is -4.43. The lowest BCUT2D eigenvalue weighted by atomic mass is 10.0. The molecule has 5 heterocycles. The maximum atomic E-state index is 4.75. The Balaban J connectivity index is 1.51. The van der Waals surface area contributed by atoms with Gasteiger partial charge in [0.25, 0.3) is 0 Å². The molecule has 0 aliphatic carbocycles. The van der Waals surface area contributed by atoms with Gasteiger partial charge in [0.1, 0.15) is 5.82 Å². The second kappa shape index (κ2) is 10.5. The van der Waals surface area contributed by atoms with Crippen molar-refractivity contribution in [1.82, 2.24) is 35.2 Å². The molecule has 0 aliphatic heterocycles. The zero-order valence-electron chi connectivity index (χ0n) is 20.4. The number of hydrogen-bond acceptors (Lipinski definition) is 7. The van der Waals surface area contributed by atoms with E-state index in [1.807, 2.05) is 56.1 Å². The maximum Gasteiger partial charge on any atom is 0.178 e. The summed E-state index contributed by atoms with van der Waals surface area (Å²) in [6.07, 6.45) is 12.0. The van der Waals surface area contributed by atoms with E-state index >= 15 is 0 Å². The number of nitrogens with one attached hydrogen (secondary N) is 3. The summed E-state index contributed by atoms with van der Waals surface area (Å²) < 4.78 is 0. The van der Waals surface area contributed by atoms with Crippen LogP contribution in [0.1, 0.15) is 30.3 Å². The second-order valence-corrected chi connectivity index (χ2v) is 8.49. The van der Waals surface area contributed by atoms with Crippen molar-refractivity contribution in [2.24, 2.45) is 0 Å². The molecule has 0 saturated heterocycles. The quantitative estimate of drug-likeness (QED) is 0.255. The number of aromatic nitrogens is 6. The Morgan fingerprint density at radius 2 is 1.89 bits per heavy atom. The monoisotopic (exact) mass is 476 g/mol. The molecule has 36 heavy (non-hydrogen) atoms. The fourth-order valence-corrected chi connectivity index (χ4v) is 4.14. The van der Waals surface area contributed by atoms with Crippen LogP contribution in [0.15, 0.2) is 74.1 Å². The molecular formula is C28H28N8. The molecule has 3 N–H and O–H groups in total. The summed E-state index contributed by atoms with van der Waals surface area (Å²) in [7, 11) is 1.87. The molecule has 0 saturated carbocycles. The highest BCUT2D eigenvalue weighted by Gasteiger charge is 2.16. The standard InChI is InChI=1S/C28H28N8/c1-4-8-30-13-19-11-21(16-32-14-19)24-12-23(25(29-3)17-34-24)18(2)27-35-26-22(7-10-33-28(26)36-27)20-6-5-9-31-15-20/h5-7,9-12,14-17,29-30H,2,4,8,13H2,1,3H3,(H,33,35,36). The van der Waals surface area contributed by atoms with Gasteiger partial charge in [-0.25, -0.2) is 9.97 Å². The molecule has 8 nitrogen and oxygen atoms in total. The Labute approximate surface area is 210 Å². The van der Waals surface area contributed by atoms with E-state index < -0.39 is 0 Å². The van der Waals surface area contributed by atoms with Gasteiger partial charge < -0.3 is 15.6 Å². The Morgan fingerprint density at radius 3 is 2.69 bits per heavy atom. The number of pyridine rings is 4. The Bertz CT molecular complexity index is 1510. The third-order valence-corrected chi connectivity index (χ3v) is 6.00. The minimum Gasteiger partial charge on any atom is -0.386 e. The van der Waals surface area contributed by atoms with Gasteiger partial charge >= 0.3 is 0 Å². The third-order valence-electron chi connectivity index (χ3n) is 6.00. The number of rotatable bonds is 9. The maximum absolute atomic E-state index is 4.75. The van der Waals surface area contributed by atoms with E-state index in [4.69, 9.17) is 4.98 Å². The van der Waals surface area contributed by atoms with Crippen molar-refractivity contribution in [2.45, 2.75) is 19.9 Å². The zero-order valence-corrected chi connectivity index (χ0v) is 20.4. The molecule has 0 unspecified atom stereocenters. The highest BCUT2D eigenvalue weighted by Crippen LogP contribution is 2.32. The SMILES string of the molecule is C=C(c1nc2nccc(-c3cccnc3)c2[nH]1)c1cc(-c2cncc(CNCCC)c2)ncc1NC. The Morgan fingerprint density at radius 1 is 1.00 bits per heavy atom. The molecule has 5 rings (SSSR count). The number of H-pyrrole nitrogens is 1. The van der Waals surface area contributed by atoms with Crippen LogP contribution in [-0.4, -0.2) is 43.5 Å². The summed E-state index contributed by atoms with van der Waals surface area (Å²) in [5.41, 5.74) is 8.85. The lowest BCUT2D eigenvalue weighted by Crippen LogP contribution is -2.13. The van der Waals surface area contributed by atoms with Crippen molar-refractivity contribution in [1.29, 1.82) is 0 Å². The van der Waals surface area contributed by atoms with Crippen molar-refractivity contribution in [2.75, 3.05) is 18.9 Å². The van der Waals surface area contributed by atoms with E-state index in [-0.39, 0.29) is 0 Å². The fourth-order valence-electron chi connectivity index (χ4n) is 4.14. The van der Waals surface area contributed by atoms with Crippen LogP contribution in [0, 0.1) is 0 Å². The van der Waals surface area contributed by atoms with Crippen LogP contribution >= 0.6 is 0 Å². The van der Waals surface area contributed by atoms with Crippen LogP contribution in [0.4, 0.5) is 5.69 Å².